The van der Waals surface area contributed by atoms with Crippen LogP contribution in [0.2, 0.25) is 0 Å². The first-order chi connectivity index (χ1) is 6.26. The summed E-state index contributed by atoms with van der Waals surface area (Å²) in [5.74, 6) is 0. The zero-order valence-electron chi connectivity index (χ0n) is 8.75. The van der Waals surface area contributed by atoms with Crippen molar-refractivity contribution in [2.24, 2.45) is 0 Å². The smallest absolute Gasteiger partial charge is 0.413 e. The summed E-state index contributed by atoms with van der Waals surface area (Å²) < 4.78 is 4.64. The van der Waals surface area contributed by atoms with Crippen molar-refractivity contribution in [2.75, 3.05) is 13.7 Å². The number of methoxy groups -OCH3 is 1. The van der Waals surface area contributed by atoms with Crippen LogP contribution in [0.25, 0.3) is 0 Å². The van der Waals surface area contributed by atoms with E-state index in [0.29, 0.717) is 0 Å². The Morgan fingerprint density at radius 3 is 2.62 bits per heavy atom. The van der Waals surface area contributed by atoms with E-state index in [4.69, 9.17) is 0 Å². The topological polar surface area (TPSA) is 29.5 Å². The lowest BCUT2D eigenvalue weighted by Crippen LogP contribution is -2.26. The SMILES string of the molecule is CC/C=C/N(CCCC)C(=O)OC. The molecule has 0 heterocycles. The molecule has 0 aliphatic carbocycles. The number of rotatable bonds is 5. The highest BCUT2D eigenvalue weighted by Crippen LogP contribution is 1.99. The second-order valence-electron chi connectivity index (χ2n) is 2.81. The second kappa shape index (κ2) is 7.65. The Balaban J connectivity index is 4.02. The Labute approximate surface area is 80.4 Å². The van der Waals surface area contributed by atoms with Crippen LogP contribution in [0.1, 0.15) is 33.1 Å². The molecule has 0 saturated carbocycles. The van der Waals surface area contributed by atoms with Gasteiger partial charge in [0.15, 0.2) is 0 Å². The number of unbranched alkanes of at least 4 members (excludes halogenated alkanes) is 1. The lowest BCUT2D eigenvalue weighted by molar-refractivity contribution is 0.139. The first kappa shape index (κ1) is 12.0. The number of hydrogen-bond donors (Lipinski definition) is 0. The number of hydrogen-bond acceptors (Lipinski definition) is 2. The molecule has 0 saturated heterocycles. The Kier molecular flexibility index (Phi) is 7.07. The summed E-state index contributed by atoms with van der Waals surface area (Å²) in [4.78, 5) is 12.8. The third-order valence-electron chi connectivity index (χ3n) is 1.68. The molecule has 0 aromatic heterocycles. The summed E-state index contributed by atoms with van der Waals surface area (Å²) in [6.07, 6.45) is 6.47. The number of amides is 1. The molecular weight excluding hydrogens is 166 g/mol. The van der Waals surface area contributed by atoms with Crippen LogP contribution in [-0.2, 0) is 4.74 Å². The molecule has 0 radical (unpaired) electrons. The van der Waals surface area contributed by atoms with Crippen molar-refractivity contribution < 1.29 is 9.53 Å². The third-order valence-corrected chi connectivity index (χ3v) is 1.68. The largest absolute Gasteiger partial charge is 0.452 e. The van der Waals surface area contributed by atoms with Crippen LogP contribution in [0.3, 0.4) is 0 Å². The minimum atomic E-state index is -0.279. The van der Waals surface area contributed by atoms with Crippen molar-refractivity contribution in [1.29, 1.82) is 0 Å². The zero-order valence-corrected chi connectivity index (χ0v) is 8.75. The van der Waals surface area contributed by atoms with Crippen molar-refractivity contribution in [3.8, 4) is 0 Å². The van der Waals surface area contributed by atoms with E-state index >= 15 is 0 Å². The van der Waals surface area contributed by atoms with Gasteiger partial charge in [0.25, 0.3) is 0 Å². The van der Waals surface area contributed by atoms with Gasteiger partial charge in [-0.3, -0.25) is 4.90 Å². The van der Waals surface area contributed by atoms with E-state index in [0.717, 1.165) is 25.8 Å². The molecule has 0 spiro atoms. The summed E-state index contributed by atoms with van der Waals surface area (Å²) in [6, 6.07) is 0. The molecule has 0 aliphatic rings. The van der Waals surface area contributed by atoms with Gasteiger partial charge in [-0.25, -0.2) is 4.79 Å². The van der Waals surface area contributed by atoms with Gasteiger partial charge in [-0.05, 0) is 12.8 Å². The van der Waals surface area contributed by atoms with Crippen LogP contribution in [0.4, 0.5) is 4.79 Å². The molecule has 0 aromatic carbocycles. The number of ether oxygens (including phenoxy) is 1. The molecule has 0 aromatic rings. The molecule has 76 valence electrons. The molecule has 0 fully saturated rings. The Hall–Kier alpha value is -0.990. The van der Waals surface area contributed by atoms with Gasteiger partial charge in [0, 0.05) is 12.7 Å². The Morgan fingerprint density at radius 1 is 1.46 bits per heavy atom. The van der Waals surface area contributed by atoms with Crippen molar-refractivity contribution in [2.45, 2.75) is 33.1 Å². The van der Waals surface area contributed by atoms with Crippen LogP contribution in [-0.4, -0.2) is 24.6 Å². The maximum Gasteiger partial charge on any atom is 0.413 e. The van der Waals surface area contributed by atoms with Gasteiger partial charge < -0.3 is 4.74 Å². The van der Waals surface area contributed by atoms with Gasteiger partial charge >= 0.3 is 6.09 Å². The van der Waals surface area contributed by atoms with Crippen LogP contribution in [0.5, 0.6) is 0 Å². The molecule has 0 bridgehead atoms. The quantitative estimate of drug-likeness (QED) is 0.659. The van der Waals surface area contributed by atoms with Crippen molar-refractivity contribution in [3.05, 3.63) is 12.3 Å². The zero-order chi connectivity index (χ0) is 10.1. The van der Waals surface area contributed by atoms with Gasteiger partial charge in [0.05, 0.1) is 7.11 Å². The van der Waals surface area contributed by atoms with Crippen molar-refractivity contribution >= 4 is 6.09 Å². The Morgan fingerprint density at radius 2 is 2.15 bits per heavy atom. The Bertz CT molecular complexity index is 166. The van der Waals surface area contributed by atoms with E-state index in [1.807, 2.05) is 13.0 Å². The van der Waals surface area contributed by atoms with E-state index in [9.17, 15) is 4.79 Å². The van der Waals surface area contributed by atoms with Gasteiger partial charge in [0.2, 0.25) is 0 Å². The molecule has 3 heteroatoms. The fraction of sp³-hybridized carbons (Fsp3) is 0.700. The van der Waals surface area contributed by atoms with E-state index in [2.05, 4.69) is 11.7 Å². The molecule has 0 unspecified atom stereocenters. The first-order valence-corrected chi connectivity index (χ1v) is 4.77. The minimum Gasteiger partial charge on any atom is -0.452 e. The second-order valence-corrected chi connectivity index (χ2v) is 2.81. The maximum atomic E-state index is 11.2. The summed E-state index contributed by atoms with van der Waals surface area (Å²) >= 11 is 0. The maximum absolute atomic E-state index is 11.2. The summed E-state index contributed by atoms with van der Waals surface area (Å²) in [5, 5.41) is 0. The summed E-state index contributed by atoms with van der Waals surface area (Å²) in [7, 11) is 1.40. The lowest BCUT2D eigenvalue weighted by atomic mass is 10.3. The van der Waals surface area contributed by atoms with Gasteiger partial charge in [-0.15, -0.1) is 0 Å². The molecule has 0 N–H and O–H groups in total. The van der Waals surface area contributed by atoms with E-state index < -0.39 is 0 Å². The molecular formula is C10H19NO2. The molecule has 1 amide bonds. The highest BCUT2D eigenvalue weighted by atomic mass is 16.5. The highest BCUT2D eigenvalue weighted by Gasteiger charge is 2.08. The third kappa shape index (κ3) is 5.28. The first-order valence-electron chi connectivity index (χ1n) is 4.77. The van der Waals surface area contributed by atoms with Crippen molar-refractivity contribution in [1.82, 2.24) is 4.90 Å². The number of allylic oxidation sites excluding steroid dienone is 1. The average Bonchev–Trinajstić information content (AvgIpc) is 2.17. The fourth-order valence-corrected chi connectivity index (χ4v) is 0.905. The summed E-state index contributed by atoms with van der Waals surface area (Å²) in [5.41, 5.74) is 0. The predicted octanol–water partition coefficient (Wildman–Crippen LogP) is 2.78. The van der Waals surface area contributed by atoms with E-state index in [-0.39, 0.29) is 6.09 Å². The van der Waals surface area contributed by atoms with E-state index in [1.165, 1.54) is 7.11 Å². The molecule has 0 aliphatic heterocycles. The van der Waals surface area contributed by atoms with Gasteiger partial charge in [0.1, 0.15) is 0 Å². The van der Waals surface area contributed by atoms with Gasteiger partial charge in [-0.1, -0.05) is 26.3 Å². The van der Waals surface area contributed by atoms with Crippen LogP contribution in [0.15, 0.2) is 12.3 Å². The highest BCUT2D eigenvalue weighted by molar-refractivity contribution is 5.68. The minimum absolute atomic E-state index is 0.279. The summed E-state index contributed by atoms with van der Waals surface area (Å²) in [6.45, 7) is 4.87. The average molecular weight is 185 g/mol. The van der Waals surface area contributed by atoms with E-state index in [1.54, 1.807) is 11.1 Å². The predicted molar refractivity (Wildman–Crippen MR) is 53.5 cm³/mol. The molecule has 13 heavy (non-hydrogen) atoms. The lowest BCUT2D eigenvalue weighted by Gasteiger charge is -2.15. The fourth-order valence-electron chi connectivity index (χ4n) is 0.905. The normalized spacial score (nSPS) is 10.4. The standard InChI is InChI=1S/C10H19NO2/c1-4-6-8-11(9-7-5-2)10(12)13-3/h6,8H,4-5,7,9H2,1-3H3/b8-6+. The molecule has 3 nitrogen and oxygen atoms in total. The number of nitrogens with zero attached hydrogens (tertiary/aromatic N) is 1. The molecule has 0 rings (SSSR count). The number of carbonyl (C=O) groups excluding carboxylic acids is 1. The van der Waals surface area contributed by atoms with Crippen LogP contribution in [0, 0.1) is 0 Å². The monoisotopic (exact) mass is 185 g/mol. The van der Waals surface area contributed by atoms with Gasteiger partial charge in [-0.2, -0.15) is 0 Å². The van der Waals surface area contributed by atoms with Crippen LogP contribution < -0.4 is 0 Å². The van der Waals surface area contributed by atoms with Crippen molar-refractivity contribution in [3.63, 3.8) is 0 Å². The van der Waals surface area contributed by atoms with Crippen LogP contribution >= 0.6 is 0 Å². The molecule has 0 atom stereocenters. The number of carbonyl (C=O) groups is 1.